The van der Waals surface area contributed by atoms with E-state index in [9.17, 15) is 29.0 Å². The van der Waals surface area contributed by atoms with E-state index in [1.165, 1.54) is 10.5 Å². The smallest absolute Gasteiger partial charge is 0.289 e. The fraction of sp³-hybridized carbons (Fsp3) is 0.595. The molecule has 0 spiro atoms. The molecular formula is C42H64BN5O6. The number of rotatable bonds is 22. The molecule has 3 amide bonds. The van der Waals surface area contributed by atoms with E-state index in [1.54, 1.807) is 32.8 Å². The van der Waals surface area contributed by atoms with Gasteiger partial charge in [-0.25, -0.2) is 0 Å². The molecule has 1 saturated heterocycles. The van der Waals surface area contributed by atoms with E-state index in [-0.39, 0.29) is 49.1 Å². The van der Waals surface area contributed by atoms with Gasteiger partial charge in [0.15, 0.2) is 11.6 Å². The predicted octanol–water partition coefficient (Wildman–Crippen LogP) is 4.94. The average Bonchev–Trinajstić information content (AvgIpc) is 3.54. The summed E-state index contributed by atoms with van der Waals surface area (Å²) >= 11 is 0. The second kappa shape index (κ2) is 21.9. The van der Waals surface area contributed by atoms with Gasteiger partial charge in [-0.05, 0) is 92.0 Å². The van der Waals surface area contributed by atoms with Crippen molar-refractivity contribution in [3.8, 4) is 11.1 Å². The van der Waals surface area contributed by atoms with Crippen LogP contribution in [0.3, 0.4) is 0 Å². The number of amides is 3. The number of unbranched alkanes of at least 4 members (excludes halogenated alkanes) is 2. The Kier molecular flexibility index (Phi) is 18.0. The molecule has 0 radical (unpaired) electrons. The summed E-state index contributed by atoms with van der Waals surface area (Å²) in [4.78, 5) is 69.2. The number of carbonyl (C=O) groups excluding carboxylic acids is 5. The third kappa shape index (κ3) is 13.5. The largest absolute Gasteiger partial charge is 0.450 e. The predicted molar refractivity (Wildman–Crippen MR) is 216 cm³/mol. The first kappa shape index (κ1) is 44.5. The molecule has 2 aromatic carbocycles. The Bertz CT molecular complexity index is 1530. The topological polar surface area (TPSA) is 185 Å². The summed E-state index contributed by atoms with van der Waals surface area (Å²) in [5, 5.41) is 15.7. The lowest BCUT2D eigenvalue weighted by molar-refractivity contribution is -0.140. The highest BCUT2D eigenvalue weighted by Crippen LogP contribution is 2.25. The summed E-state index contributed by atoms with van der Waals surface area (Å²) in [6.07, 6.45) is 5.61. The molecule has 7 N–H and O–H groups in total. The molecule has 1 fully saturated rings. The molecule has 2 aromatic rings. The molecule has 54 heavy (non-hydrogen) atoms. The normalized spacial score (nSPS) is 17.8. The van der Waals surface area contributed by atoms with Gasteiger partial charge in [-0.2, -0.15) is 0 Å². The van der Waals surface area contributed by atoms with Gasteiger partial charge in [0.1, 0.15) is 6.04 Å². The number of Topliss-reactive ketones (excluding diaryl/α,β-unsaturated/α-hetero) is 2. The first-order valence-corrected chi connectivity index (χ1v) is 19.9. The Morgan fingerprint density at radius 1 is 0.889 bits per heavy atom. The van der Waals surface area contributed by atoms with Crippen molar-refractivity contribution in [3.63, 3.8) is 0 Å². The van der Waals surface area contributed by atoms with Crippen molar-refractivity contribution in [2.24, 2.45) is 23.3 Å². The highest BCUT2D eigenvalue weighted by Gasteiger charge is 2.41. The molecule has 3 rings (SSSR count). The van der Waals surface area contributed by atoms with Crippen LogP contribution in [0.15, 0.2) is 48.5 Å². The number of nitrogens with one attached hydrogen (secondary N) is 2. The van der Waals surface area contributed by atoms with Crippen LogP contribution in [0.4, 0.5) is 0 Å². The summed E-state index contributed by atoms with van der Waals surface area (Å²) in [6, 6.07) is 12.8. The van der Waals surface area contributed by atoms with Crippen molar-refractivity contribution in [1.29, 1.82) is 0 Å². The lowest BCUT2D eigenvalue weighted by Gasteiger charge is -2.29. The van der Waals surface area contributed by atoms with E-state index < -0.39 is 54.7 Å². The highest BCUT2D eigenvalue weighted by atomic mass is 16.2. The number of hydrogen-bond donors (Lipinski definition) is 5. The van der Waals surface area contributed by atoms with Gasteiger partial charge in [-0.3, -0.25) is 24.0 Å². The molecule has 1 aliphatic heterocycles. The first-order valence-electron chi connectivity index (χ1n) is 19.9. The van der Waals surface area contributed by atoms with Gasteiger partial charge >= 0.3 is 0 Å². The molecule has 0 unspecified atom stereocenters. The van der Waals surface area contributed by atoms with E-state index in [2.05, 4.69) is 41.8 Å². The van der Waals surface area contributed by atoms with Crippen molar-refractivity contribution >= 4 is 36.2 Å². The Morgan fingerprint density at radius 3 is 2.09 bits per heavy atom. The van der Waals surface area contributed by atoms with Crippen LogP contribution in [0.25, 0.3) is 11.1 Å². The van der Waals surface area contributed by atoms with Crippen LogP contribution in [0.2, 0.25) is 12.6 Å². The van der Waals surface area contributed by atoms with Crippen molar-refractivity contribution in [2.45, 2.75) is 136 Å². The molecule has 0 aromatic heterocycles. The van der Waals surface area contributed by atoms with Gasteiger partial charge in [-0.1, -0.05) is 84.3 Å². The van der Waals surface area contributed by atoms with Gasteiger partial charge in [0.05, 0.1) is 12.1 Å². The van der Waals surface area contributed by atoms with Crippen LogP contribution >= 0.6 is 0 Å². The molecular weight excluding hydrogens is 681 g/mol. The molecule has 12 heteroatoms. The zero-order valence-corrected chi connectivity index (χ0v) is 33.3. The lowest BCUT2D eigenvalue weighted by atomic mass is 9.58. The fourth-order valence-electron chi connectivity index (χ4n) is 6.88. The van der Waals surface area contributed by atoms with E-state index in [0.29, 0.717) is 37.8 Å². The molecule has 1 heterocycles. The highest BCUT2D eigenvalue weighted by molar-refractivity contribution is 6.50. The van der Waals surface area contributed by atoms with Crippen molar-refractivity contribution in [3.05, 3.63) is 59.7 Å². The van der Waals surface area contributed by atoms with Crippen LogP contribution in [-0.4, -0.2) is 83.4 Å². The standard InChI is InChI=1S/C42H64BN5O6/c1-7-8-11-30-13-15-31(16-14-30)32-17-19-33(20-18-32)41(52)46-35(12-9-10-21-44)42(53)48-26-34(45)25-37(48)39(50)23-28(4)40(51)47-36(22-27(2)3)38(49)24-29(5)43(6)54/h13-20,27-29,34-37,54H,7-12,21-26,44-45H2,1-6H3,(H,46,52)(H,47,51)/t28-,29-,34-,35+,36+,37+/m1/s1. The molecule has 0 bridgehead atoms. The number of aryl methyl sites for hydroxylation is 1. The average molecular weight is 746 g/mol. The Morgan fingerprint density at radius 2 is 1.52 bits per heavy atom. The molecule has 0 saturated carbocycles. The quantitative estimate of drug-likeness (QED) is 0.0829. The van der Waals surface area contributed by atoms with Gasteiger partial charge < -0.3 is 32.0 Å². The third-order valence-electron chi connectivity index (χ3n) is 10.5. The number of hydrogen-bond acceptors (Lipinski definition) is 8. The van der Waals surface area contributed by atoms with Gasteiger partial charge in [0.2, 0.25) is 11.8 Å². The second-order valence-corrected chi connectivity index (χ2v) is 15.8. The van der Waals surface area contributed by atoms with E-state index >= 15 is 0 Å². The minimum Gasteiger partial charge on any atom is -0.450 e. The van der Waals surface area contributed by atoms with Crippen molar-refractivity contribution in [2.75, 3.05) is 13.1 Å². The maximum absolute atomic E-state index is 14.1. The Balaban J connectivity index is 1.70. The van der Waals surface area contributed by atoms with Gasteiger partial charge in [0, 0.05) is 36.9 Å². The zero-order chi connectivity index (χ0) is 39.9. The molecule has 1 aliphatic rings. The summed E-state index contributed by atoms with van der Waals surface area (Å²) < 4.78 is 0. The van der Waals surface area contributed by atoms with E-state index in [4.69, 9.17) is 11.5 Å². The Labute approximate surface area is 322 Å². The fourth-order valence-corrected chi connectivity index (χ4v) is 6.88. The summed E-state index contributed by atoms with van der Waals surface area (Å²) in [7, 11) is 0. The molecule has 6 atom stereocenters. The number of ketones is 2. The maximum Gasteiger partial charge on any atom is 0.289 e. The number of likely N-dealkylation sites (tertiary alicyclic amines) is 1. The molecule has 0 aliphatic carbocycles. The minimum atomic E-state index is -0.896. The van der Waals surface area contributed by atoms with E-state index in [1.807, 2.05) is 26.0 Å². The lowest BCUT2D eigenvalue weighted by Crippen LogP contribution is -2.52. The minimum absolute atomic E-state index is 0.127. The van der Waals surface area contributed by atoms with Crippen LogP contribution < -0.4 is 22.1 Å². The van der Waals surface area contributed by atoms with Crippen molar-refractivity contribution < 1.29 is 29.0 Å². The number of nitrogens with two attached hydrogens (primary N) is 2. The van der Waals surface area contributed by atoms with Gasteiger partial charge in [0.25, 0.3) is 12.8 Å². The van der Waals surface area contributed by atoms with Crippen LogP contribution in [0, 0.1) is 11.8 Å². The first-order chi connectivity index (χ1) is 25.6. The molecule has 11 nitrogen and oxygen atoms in total. The van der Waals surface area contributed by atoms with Crippen LogP contribution in [-0.2, 0) is 25.6 Å². The monoisotopic (exact) mass is 745 g/mol. The SMILES string of the molecule is CCCCc1ccc(-c2ccc(C(=O)N[C@@H](CCCCN)C(=O)N3C[C@H](N)C[C@H]3C(=O)C[C@@H](C)C(=O)N[C@@H](CC(C)C)C(=O)C[C@@H](C)B(C)O)cc2)cc1. The number of carbonyl (C=O) groups is 5. The van der Waals surface area contributed by atoms with Crippen LogP contribution in [0.1, 0.15) is 108 Å². The molecule has 296 valence electrons. The summed E-state index contributed by atoms with van der Waals surface area (Å²) in [6.45, 7) is 11.1. The maximum atomic E-state index is 14.1. The van der Waals surface area contributed by atoms with E-state index in [0.717, 1.165) is 30.4 Å². The number of benzene rings is 2. The van der Waals surface area contributed by atoms with Gasteiger partial charge in [-0.15, -0.1) is 0 Å². The second-order valence-electron chi connectivity index (χ2n) is 15.8. The van der Waals surface area contributed by atoms with Crippen molar-refractivity contribution in [1.82, 2.24) is 15.5 Å². The Hall–Kier alpha value is -3.87. The summed E-state index contributed by atoms with van der Waals surface area (Å²) in [5.41, 5.74) is 15.8. The summed E-state index contributed by atoms with van der Waals surface area (Å²) in [5.74, 6) is -2.55. The number of nitrogens with zero attached hydrogens (tertiary/aromatic N) is 1. The van der Waals surface area contributed by atoms with Crippen LogP contribution in [0.5, 0.6) is 0 Å². The zero-order valence-electron chi connectivity index (χ0n) is 33.3. The third-order valence-corrected chi connectivity index (χ3v) is 10.5.